The van der Waals surface area contributed by atoms with Crippen molar-refractivity contribution >= 4 is 17.4 Å². The number of rotatable bonds is 5. The van der Waals surface area contributed by atoms with Gasteiger partial charge in [-0.3, -0.25) is 4.90 Å². The third kappa shape index (κ3) is 3.38. The first-order chi connectivity index (χ1) is 9.15. The van der Waals surface area contributed by atoms with Gasteiger partial charge in [-0.05, 0) is 38.1 Å². The lowest BCUT2D eigenvalue weighted by molar-refractivity contribution is 0.269. The molecule has 4 nitrogen and oxygen atoms in total. The lowest BCUT2D eigenvalue weighted by Crippen LogP contribution is -2.39. The number of halogens is 1. The van der Waals surface area contributed by atoms with Crippen LogP contribution in [-0.4, -0.2) is 47.7 Å². The fourth-order valence-electron chi connectivity index (χ4n) is 2.72. The van der Waals surface area contributed by atoms with E-state index in [1.807, 2.05) is 13.1 Å². The third-order valence-corrected chi connectivity index (χ3v) is 4.18. The topological polar surface area (TPSA) is 39.6 Å². The quantitative estimate of drug-likeness (QED) is 0.899. The van der Waals surface area contributed by atoms with Gasteiger partial charge in [0.15, 0.2) is 0 Å². The Morgan fingerprint density at radius 3 is 3.00 bits per heavy atom. The zero-order valence-corrected chi connectivity index (χ0v) is 12.4. The van der Waals surface area contributed by atoms with Crippen LogP contribution < -0.4 is 4.90 Å². The Labute approximate surface area is 120 Å². The van der Waals surface area contributed by atoms with Crippen LogP contribution in [0.15, 0.2) is 12.1 Å². The van der Waals surface area contributed by atoms with Crippen LogP contribution in [-0.2, 0) is 6.61 Å². The number of aliphatic hydroxyl groups excluding tert-OH is 1. The van der Waals surface area contributed by atoms with E-state index in [1.165, 1.54) is 19.4 Å². The number of aromatic nitrogens is 1. The average molecular weight is 284 g/mol. The summed E-state index contributed by atoms with van der Waals surface area (Å²) in [6.07, 6.45) is 2.53. The van der Waals surface area contributed by atoms with Crippen molar-refractivity contribution in [1.82, 2.24) is 9.88 Å². The molecule has 0 saturated carbocycles. The third-order valence-electron chi connectivity index (χ3n) is 3.83. The molecule has 1 aromatic heterocycles. The van der Waals surface area contributed by atoms with Crippen LogP contribution in [0.3, 0.4) is 0 Å². The molecule has 106 valence electrons. The zero-order chi connectivity index (χ0) is 13.8. The summed E-state index contributed by atoms with van der Waals surface area (Å²) in [6, 6.07) is 4.32. The molecule has 1 aliphatic heterocycles. The number of hydrogen-bond donors (Lipinski definition) is 1. The Balaban J connectivity index is 2.05. The fourth-order valence-corrected chi connectivity index (χ4v) is 2.89. The van der Waals surface area contributed by atoms with E-state index in [4.69, 9.17) is 11.6 Å². The van der Waals surface area contributed by atoms with E-state index >= 15 is 0 Å². The van der Waals surface area contributed by atoms with Crippen molar-refractivity contribution in [2.75, 3.05) is 31.6 Å². The van der Waals surface area contributed by atoms with Crippen LogP contribution in [0.5, 0.6) is 0 Å². The van der Waals surface area contributed by atoms with Crippen LogP contribution in [0.25, 0.3) is 0 Å². The second-order valence-electron chi connectivity index (χ2n) is 5.06. The smallest absolute Gasteiger partial charge is 0.128 e. The van der Waals surface area contributed by atoms with Gasteiger partial charge >= 0.3 is 0 Å². The van der Waals surface area contributed by atoms with Crippen molar-refractivity contribution in [3.8, 4) is 0 Å². The van der Waals surface area contributed by atoms with Gasteiger partial charge in [-0.1, -0.05) is 18.5 Å². The van der Waals surface area contributed by atoms with Crippen LogP contribution >= 0.6 is 11.6 Å². The number of anilines is 1. The predicted octanol–water partition coefficient (Wildman–Crippen LogP) is 2.15. The molecule has 19 heavy (non-hydrogen) atoms. The summed E-state index contributed by atoms with van der Waals surface area (Å²) in [5, 5.41) is 9.74. The maximum absolute atomic E-state index is 9.22. The molecule has 0 amide bonds. The molecule has 1 unspecified atom stereocenters. The van der Waals surface area contributed by atoms with Gasteiger partial charge in [0.2, 0.25) is 0 Å². The van der Waals surface area contributed by atoms with Crippen LogP contribution in [0.1, 0.15) is 25.5 Å². The van der Waals surface area contributed by atoms with Gasteiger partial charge in [-0.15, -0.1) is 0 Å². The molecule has 2 heterocycles. The first kappa shape index (κ1) is 14.6. The number of likely N-dealkylation sites (N-methyl/N-ethyl adjacent to an activating group) is 2. The molecule has 2 rings (SSSR count). The second kappa shape index (κ2) is 6.55. The van der Waals surface area contributed by atoms with Crippen LogP contribution in [0.2, 0.25) is 5.02 Å². The molecule has 0 aromatic carbocycles. The maximum Gasteiger partial charge on any atom is 0.128 e. The van der Waals surface area contributed by atoms with E-state index in [1.54, 1.807) is 6.07 Å². The Morgan fingerprint density at radius 2 is 2.32 bits per heavy atom. The fraction of sp³-hybridized carbons (Fsp3) is 0.643. The summed E-state index contributed by atoms with van der Waals surface area (Å²) in [4.78, 5) is 9.07. The highest BCUT2D eigenvalue weighted by Gasteiger charge is 2.24. The largest absolute Gasteiger partial charge is 0.390 e. The average Bonchev–Trinajstić information content (AvgIpc) is 2.86. The van der Waals surface area contributed by atoms with Gasteiger partial charge in [0.05, 0.1) is 17.3 Å². The van der Waals surface area contributed by atoms with Crippen LogP contribution in [0, 0.1) is 0 Å². The molecule has 0 aliphatic carbocycles. The summed E-state index contributed by atoms with van der Waals surface area (Å²) in [5.41, 5.74) is 0.546. The lowest BCUT2D eigenvalue weighted by Gasteiger charge is -2.28. The summed E-state index contributed by atoms with van der Waals surface area (Å²) in [6.45, 7) is 5.36. The maximum atomic E-state index is 9.22. The molecule has 1 saturated heterocycles. The molecule has 1 fully saturated rings. The predicted molar refractivity (Wildman–Crippen MR) is 78.7 cm³/mol. The highest BCUT2D eigenvalue weighted by molar-refractivity contribution is 6.31. The van der Waals surface area contributed by atoms with Crippen molar-refractivity contribution in [1.29, 1.82) is 0 Å². The molecule has 0 spiro atoms. The molecule has 0 bridgehead atoms. The highest BCUT2D eigenvalue weighted by atomic mass is 35.5. The number of pyridine rings is 1. The van der Waals surface area contributed by atoms with Crippen LogP contribution in [0.4, 0.5) is 5.82 Å². The zero-order valence-electron chi connectivity index (χ0n) is 11.6. The molecule has 0 radical (unpaired) electrons. The highest BCUT2D eigenvalue weighted by Crippen LogP contribution is 2.22. The second-order valence-corrected chi connectivity index (χ2v) is 5.47. The van der Waals surface area contributed by atoms with Crippen molar-refractivity contribution in [2.24, 2.45) is 0 Å². The Kier molecular flexibility index (Phi) is 5.02. The Morgan fingerprint density at radius 1 is 1.53 bits per heavy atom. The van der Waals surface area contributed by atoms with Crippen molar-refractivity contribution in [3.05, 3.63) is 22.8 Å². The van der Waals surface area contributed by atoms with Gasteiger partial charge in [-0.25, -0.2) is 4.98 Å². The Bertz CT molecular complexity index is 427. The number of likely N-dealkylation sites (tertiary alicyclic amines) is 1. The summed E-state index contributed by atoms with van der Waals surface area (Å²) in [5.74, 6) is 0.872. The Hall–Kier alpha value is -0.840. The monoisotopic (exact) mass is 283 g/mol. The number of nitrogens with zero attached hydrogens (tertiary/aromatic N) is 3. The summed E-state index contributed by atoms with van der Waals surface area (Å²) in [7, 11) is 2.05. The molecule has 5 heteroatoms. The van der Waals surface area contributed by atoms with Crippen molar-refractivity contribution in [3.63, 3.8) is 0 Å². The van der Waals surface area contributed by atoms with Gasteiger partial charge in [0.1, 0.15) is 5.82 Å². The first-order valence-corrected chi connectivity index (χ1v) is 7.25. The van der Waals surface area contributed by atoms with Gasteiger partial charge in [-0.2, -0.15) is 0 Å². The van der Waals surface area contributed by atoms with Gasteiger partial charge < -0.3 is 10.0 Å². The number of hydrogen-bond acceptors (Lipinski definition) is 4. The van der Waals surface area contributed by atoms with Gasteiger partial charge in [0.25, 0.3) is 0 Å². The minimum Gasteiger partial charge on any atom is -0.390 e. The molecule has 1 N–H and O–H groups in total. The normalized spacial score (nSPS) is 19.9. The van der Waals surface area contributed by atoms with E-state index in [9.17, 15) is 5.11 Å². The first-order valence-electron chi connectivity index (χ1n) is 6.87. The minimum absolute atomic E-state index is 0.120. The van der Waals surface area contributed by atoms with Crippen molar-refractivity contribution < 1.29 is 5.11 Å². The van der Waals surface area contributed by atoms with E-state index in [2.05, 4.69) is 21.7 Å². The van der Waals surface area contributed by atoms with E-state index in [0.29, 0.717) is 16.8 Å². The van der Waals surface area contributed by atoms with E-state index < -0.39 is 0 Å². The van der Waals surface area contributed by atoms with Crippen molar-refractivity contribution in [2.45, 2.75) is 32.4 Å². The molecular formula is C14H22ClN3O. The minimum atomic E-state index is -0.120. The number of aliphatic hydroxyl groups is 1. The molecular weight excluding hydrogens is 262 g/mol. The summed E-state index contributed by atoms with van der Waals surface area (Å²) >= 11 is 5.97. The summed E-state index contributed by atoms with van der Waals surface area (Å²) < 4.78 is 0. The standard InChI is InChI=1S/C14H22ClN3O/c1-3-18-8-4-5-11(18)9-17(2)14-7-6-12(15)13(10-19)16-14/h6-7,11,19H,3-5,8-10H2,1-2H3. The SMILES string of the molecule is CCN1CCCC1CN(C)c1ccc(Cl)c(CO)n1. The van der Waals surface area contributed by atoms with E-state index in [0.717, 1.165) is 18.9 Å². The molecule has 1 aliphatic rings. The lowest BCUT2D eigenvalue weighted by atomic mass is 10.2. The molecule has 1 aromatic rings. The molecule has 1 atom stereocenters. The van der Waals surface area contributed by atoms with Gasteiger partial charge in [0, 0.05) is 19.6 Å². The van der Waals surface area contributed by atoms with E-state index in [-0.39, 0.29) is 6.61 Å².